The molecule has 0 aliphatic rings. The van der Waals surface area contributed by atoms with Crippen molar-refractivity contribution in [3.63, 3.8) is 0 Å². The maximum atomic E-state index is 13.1. The molecule has 0 aliphatic carbocycles. The lowest BCUT2D eigenvalue weighted by molar-refractivity contribution is -0.384. The van der Waals surface area contributed by atoms with Crippen molar-refractivity contribution in [1.82, 2.24) is 14.9 Å². The summed E-state index contributed by atoms with van der Waals surface area (Å²) in [5.74, 6) is -1.54. The Hall–Kier alpha value is -4.31. The van der Waals surface area contributed by atoms with Crippen LogP contribution in [0.5, 0.6) is 0 Å². The van der Waals surface area contributed by atoms with Crippen molar-refractivity contribution in [3.8, 4) is 0 Å². The fraction of sp³-hybridized carbons (Fsp3) is 0.0833. The summed E-state index contributed by atoms with van der Waals surface area (Å²) in [5.41, 5.74) is 0.920. The summed E-state index contributed by atoms with van der Waals surface area (Å²) in [5, 5.41) is 13.9. The van der Waals surface area contributed by atoms with Gasteiger partial charge in [-0.1, -0.05) is 60.3 Å². The highest BCUT2D eigenvalue weighted by Crippen LogP contribution is 2.19. The number of hydrogen-bond donors (Lipinski definition) is 1. The molecule has 0 radical (unpaired) electrons. The Bertz CT molecular complexity index is 1450. The number of thioether (sulfide) groups is 1. The predicted molar refractivity (Wildman–Crippen MR) is 128 cm³/mol. The highest BCUT2D eigenvalue weighted by Gasteiger charge is 2.17. The summed E-state index contributed by atoms with van der Waals surface area (Å²) in [6.45, 7) is 0.272. The van der Waals surface area contributed by atoms with Crippen LogP contribution in [0.3, 0.4) is 0 Å². The molecule has 0 saturated heterocycles. The molecule has 1 aromatic heterocycles. The second-order valence-electron chi connectivity index (χ2n) is 7.26. The number of rotatable bonds is 7. The quantitative estimate of drug-likeness (QED) is 0.188. The number of nitrogens with one attached hydrogen (secondary N) is 1. The molecule has 34 heavy (non-hydrogen) atoms. The zero-order valence-corrected chi connectivity index (χ0v) is 18.5. The van der Waals surface area contributed by atoms with Crippen LogP contribution in [0, 0.1) is 10.1 Å². The van der Waals surface area contributed by atoms with Gasteiger partial charge >= 0.3 is 0 Å². The number of benzene rings is 3. The Morgan fingerprint density at radius 3 is 2.50 bits per heavy atom. The molecule has 0 bridgehead atoms. The third-order valence-electron chi connectivity index (χ3n) is 4.91. The van der Waals surface area contributed by atoms with Gasteiger partial charge in [-0.3, -0.25) is 34.4 Å². The van der Waals surface area contributed by atoms with Gasteiger partial charge in [0.25, 0.3) is 17.2 Å². The number of non-ortho nitro benzene ring substituents is 1. The molecule has 0 saturated carbocycles. The number of carbonyl (C=O) groups excluding carboxylic acids is 2. The third kappa shape index (κ3) is 5.18. The van der Waals surface area contributed by atoms with E-state index in [0.29, 0.717) is 16.1 Å². The summed E-state index contributed by atoms with van der Waals surface area (Å²) in [6.07, 6.45) is 0. The maximum absolute atomic E-state index is 13.1. The lowest BCUT2D eigenvalue weighted by Gasteiger charge is -2.13. The van der Waals surface area contributed by atoms with Gasteiger partial charge < -0.3 is 0 Å². The molecule has 0 aliphatic heterocycles. The van der Waals surface area contributed by atoms with Crippen LogP contribution in [0.15, 0.2) is 88.8 Å². The average molecular weight is 474 g/mol. The fourth-order valence-electron chi connectivity index (χ4n) is 3.29. The van der Waals surface area contributed by atoms with E-state index in [1.807, 2.05) is 30.3 Å². The monoisotopic (exact) mass is 474 g/mol. The summed E-state index contributed by atoms with van der Waals surface area (Å²) >= 11 is 1.03. The van der Waals surface area contributed by atoms with Crippen molar-refractivity contribution >= 4 is 40.2 Å². The highest BCUT2D eigenvalue weighted by molar-refractivity contribution is 7.99. The van der Waals surface area contributed by atoms with Crippen molar-refractivity contribution in [3.05, 3.63) is 110 Å². The van der Waals surface area contributed by atoms with Crippen LogP contribution < -0.4 is 10.9 Å². The maximum Gasteiger partial charge on any atom is 0.270 e. The first kappa shape index (κ1) is 22.9. The van der Waals surface area contributed by atoms with Crippen LogP contribution in [0.1, 0.15) is 15.9 Å². The van der Waals surface area contributed by atoms with Crippen LogP contribution in [-0.4, -0.2) is 32.0 Å². The SMILES string of the molecule is O=C(CSc1nc2ccccc2c(=O)n1Cc1ccccc1)NC(=O)c1cccc([N+](=O)[O-])c1. The number of nitrogens with zero attached hydrogens (tertiary/aromatic N) is 3. The number of carbonyl (C=O) groups is 2. The van der Waals surface area contributed by atoms with Crippen LogP contribution in [-0.2, 0) is 11.3 Å². The van der Waals surface area contributed by atoms with Crippen molar-refractivity contribution in [2.24, 2.45) is 0 Å². The number of aromatic nitrogens is 2. The molecule has 0 fully saturated rings. The normalized spacial score (nSPS) is 10.7. The molecule has 0 spiro atoms. The number of nitro groups is 1. The predicted octanol–water partition coefficient (Wildman–Crippen LogP) is 3.40. The fourth-order valence-corrected chi connectivity index (χ4v) is 4.09. The first-order chi connectivity index (χ1) is 16.4. The van der Waals surface area contributed by atoms with E-state index in [1.54, 1.807) is 24.3 Å². The number of fused-ring (bicyclic) bond motifs is 1. The van der Waals surface area contributed by atoms with Gasteiger partial charge in [-0.15, -0.1) is 0 Å². The van der Waals surface area contributed by atoms with Gasteiger partial charge in [0.1, 0.15) is 0 Å². The Kier molecular flexibility index (Phi) is 6.79. The Morgan fingerprint density at radius 1 is 1.00 bits per heavy atom. The molecule has 0 atom stereocenters. The van der Waals surface area contributed by atoms with E-state index in [9.17, 15) is 24.5 Å². The van der Waals surface area contributed by atoms with Gasteiger partial charge in [0, 0.05) is 17.7 Å². The molecule has 3 aromatic carbocycles. The molecular weight excluding hydrogens is 456 g/mol. The molecule has 4 rings (SSSR count). The molecule has 10 heteroatoms. The minimum absolute atomic E-state index is 0.00244. The standard InChI is InChI=1S/C24H18N4O5S/c29-21(26-22(30)17-9-6-10-18(13-17)28(32)33)15-34-24-25-20-12-5-4-11-19(20)23(31)27(24)14-16-7-2-1-3-8-16/h1-13H,14-15H2,(H,26,29,30). The lowest BCUT2D eigenvalue weighted by Crippen LogP contribution is -2.32. The molecule has 4 aromatic rings. The summed E-state index contributed by atoms with van der Waals surface area (Å²) in [6, 6.07) is 21.5. The second-order valence-corrected chi connectivity index (χ2v) is 8.20. The first-order valence-electron chi connectivity index (χ1n) is 10.2. The van der Waals surface area contributed by atoms with E-state index >= 15 is 0 Å². The van der Waals surface area contributed by atoms with Crippen molar-refractivity contribution in [2.75, 3.05) is 5.75 Å². The van der Waals surface area contributed by atoms with E-state index in [0.717, 1.165) is 23.4 Å². The molecule has 1 heterocycles. The summed E-state index contributed by atoms with van der Waals surface area (Å²) in [4.78, 5) is 52.8. The first-order valence-corrected chi connectivity index (χ1v) is 11.2. The van der Waals surface area contributed by atoms with Gasteiger partial charge in [0.2, 0.25) is 5.91 Å². The molecular formula is C24H18N4O5S. The topological polar surface area (TPSA) is 124 Å². The van der Waals surface area contributed by atoms with Crippen LogP contribution in [0.4, 0.5) is 5.69 Å². The molecule has 9 nitrogen and oxygen atoms in total. The smallest absolute Gasteiger partial charge is 0.270 e. The minimum atomic E-state index is -0.748. The Morgan fingerprint density at radius 2 is 1.74 bits per heavy atom. The zero-order chi connectivity index (χ0) is 24.1. The van der Waals surface area contributed by atoms with E-state index in [2.05, 4.69) is 10.3 Å². The van der Waals surface area contributed by atoms with Gasteiger partial charge in [-0.2, -0.15) is 0 Å². The largest absolute Gasteiger partial charge is 0.292 e. The van der Waals surface area contributed by atoms with Gasteiger partial charge in [0.15, 0.2) is 5.16 Å². The van der Waals surface area contributed by atoms with E-state index < -0.39 is 16.7 Å². The van der Waals surface area contributed by atoms with Crippen LogP contribution >= 0.6 is 11.8 Å². The van der Waals surface area contributed by atoms with E-state index in [1.165, 1.54) is 22.8 Å². The highest BCUT2D eigenvalue weighted by atomic mass is 32.2. The third-order valence-corrected chi connectivity index (χ3v) is 5.89. The number of amides is 2. The van der Waals surface area contributed by atoms with Crippen molar-refractivity contribution < 1.29 is 14.5 Å². The Labute approximate surface area is 197 Å². The van der Waals surface area contributed by atoms with Crippen molar-refractivity contribution in [1.29, 1.82) is 0 Å². The van der Waals surface area contributed by atoms with Gasteiger partial charge in [0.05, 0.1) is 28.1 Å². The van der Waals surface area contributed by atoms with Crippen LogP contribution in [0.25, 0.3) is 10.9 Å². The number of hydrogen-bond acceptors (Lipinski definition) is 7. The number of imide groups is 1. The number of nitro benzene ring substituents is 1. The van der Waals surface area contributed by atoms with Crippen LogP contribution in [0.2, 0.25) is 0 Å². The summed E-state index contributed by atoms with van der Waals surface area (Å²) < 4.78 is 1.50. The molecule has 2 amide bonds. The summed E-state index contributed by atoms with van der Waals surface area (Å²) in [7, 11) is 0. The van der Waals surface area contributed by atoms with E-state index in [-0.39, 0.29) is 29.1 Å². The second kappa shape index (κ2) is 10.1. The van der Waals surface area contributed by atoms with Gasteiger partial charge in [-0.25, -0.2) is 4.98 Å². The zero-order valence-electron chi connectivity index (χ0n) is 17.7. The molecule has 1 N–H and O–H groups in total. The average Bonchev–Trinajstić information content (AvgIpc) is 2.85. The lowest BCUT2D eigenvalue weighted by atomic mass is 10.2. The molecule has 0 unspecified atom stereocenters. The van der Waals surface area contributed by atoms with Crippen molar-refractivity contribution in [2.45, 2.75) is 11.7 Å². The Balaban J connectivity index is 1.54. The molecule has 170 valence electrons. The van der Waals surface area contributed by atoms with Gasteiger partial charge in [-0.05, 0) is 23.8 Å². The number of para-hydroxylation sites is 1. The van der Waals surface area contributed by atoms with E-state index in [4.69, 9.17) is 0 Å². The minimum Gasteiger partial charge on any atom is -0.292 e.